The van der Waals surface area contributed by atoms with Crippen LogP contribution in [0, 0.1) is 17.5 Å². The number of hydrogen-bond donors (Lipinski definition) is 2. The van der Waals surface area contributed by atoms with Gasteiger partial charge in [0.15, 0.2) is 0 Å². The molecule has 0 heterocycles. The number of nitrogens with zero attached hydrogens (tertiary/aromatic N) is 1. The average Bonchev–Trinajstić information content (AvgIpc) is 2.10. The largest absolute Gasteiger partial charge is 0.409 e. The van der Waals surface area contributed by atoms with Gasteiger partial charge in [0.1, 0.15) is 23.3 Å². The Labute approximate surface area is 77.6 Å². The van der Waals surface area contributed by atoms with Crippen LogP contribution in [-0.2, 0) is 6.42 Å². The van der Waals surface area contributed by atoms with E-state index in [1.54, 1.807) is 0 Å². The SMILES string of the molecule is N/C(Cc1c(F)cc(F)cc1F)=N/O. The van der Waals surface area contributed by atoms with Gasteiger partial charge in [-0.1, -0.05) is 5.16 Å². The highest BCUT2D eigenvalue weighted by atomic mass is 19.1. The molecule has 6 heteroatoms. The molecule has 0 saturated carbocycles. The summed E-state index contributed by atoms with van der Waals surface area (Å²) in [5.74, 6) is -3.49. The molecule has 1 aromatic rings. The highest BCUT2D eigenvalue weighted by molar-refractivity contribution is 5.82. The van der Waals surface area contributed by atoms with Crippen molar-refractivity contribution in [3.05, 3.63) is 35.1 Å². The number of rotatable bonds is 2. The van der Waals surface area contributed by atoms with Crippen molar-refractivity contribution >= 4 is 5.84 Å². The van der Waals surface area contributed by atoms with Gasteiger partial charge in [0.25, 0.3) is 0 Å². The predicted octanol–water partition coefficient (Wildman–Crippen LogP) is 1.39. The first-order chi connectivity index (χ1) is 6.54. The fourth-order valence-electron chi connectivity index (χ4n) is 0.957. The van der Waals surface area contributed by atoms with Gasteiger partial charge in [-0.3, -0.25) is 0 Å². The molecule has 0 aliphatic rings. The van der Waals surface area contributed by atoms with Crippen molar-refractivity contribution in [2.45, 2.75) is 6.42 Å². The average molecular weight is 204 g/mol. The minimum absolute atomic E-state index is 0.352. The van der Waals surface area contributed by atoms with Gasteiger partial charge in [0.05, 0.1) is 0 Å². The first kappa shape index (κ1) is 10.4. The lowest BCUT2D eigenvalue weighted by Crippen LogP contribution is -2.16. The van der Waals surface area contributed by atoms with Crippen molar-refractivity contribution in [2.75, 3.05) is 0 Å². The molecule has 3 nitrogen and oxygen atoms in total. The molecule has 0 radical (unpaired) electrons. The van der Waals surface area contributed by atoms with Crippen LogP contribution in [0.4, 0.5) is 13.2 Å². The van der Waals surface area contributed by atoms with Gasteiger partial charge in [-0.05, 0) is 0 Å². The summed E-state index contributed by atoms with van der Waals surface area (Å²) in [6, 6.07) is 1.06. The first-order valence-corrected chi connectivity index (χ1v) is 3.64. The Morgan fingerprint density at radius 2 is 1.79 bits per heavy atom. The van der Waals surface area contributed by atoms with Crippen LogP contribution in [0.3, 0.4) is 0 Å². The summed E-state index contributed by atoms with van der Waals surface area (Å²) in [6.07, 6.45) is -0.408. The molecule has 3 N–H and O–H groups in total. The smallest absolute Gasteiger partial charge is 0.143 e. The molecule has 0 saturated heterocycles. The number of benzene rings is 1. The van der Waals surface area contributed by atoms with E-state index in [0.29, 0.717) is 12.1 Å². The second-order valence-electron chi connectivity index (χ2n) is 2.62. The van der Waals surface area contributed by atoms with Gasteiger partial charge >= 0.3 is 0 Å². The number of halogens is 3. The van der Waals surface area contributed by atoms with Crippen LogP contribution < -0.4 is 5.73 Å². The molecule has 0 spiro atoms. The molecule has 0 amide bonds. The zero-order valence-corrected chi connectivity index (χ0v) is 6.97. The van der Waals surface area contributed by atoms with Crippen molar-refractivity contribution in [3.63, 3.8) is 0 Å². The van der Waals surface area contributed by atoms with Crippen molar-refractivity contribution in [2.24, 2.45) is 10.9 Å². The lowest BCUT2D eigenvalue weighted by atomic mass is 10.1. The van der Waals surface area contributed by atoms with Crippen LogP contribution in [0.25, 0.3) is 0 Å². The summed E-state index contributed by atoms with van der Waals surface area (Å²) in [6.45, 7) is 0. The number of oxime groups is 1. The summed E-state index contributed by atoms with van der Waals surface area (Å²) in [4.78, 5) is 0. The molecule has 14 heavy (non-hydrogen) atoms. The molecule has 1 aromatic carbocycles. The Bertz CT molecular complexity index is 356. The summed E-state index contributed by atoms with van der Waals surface area (Å²) >= 11 is 0. The second-order valence-corrected chi connectivity index (χ2v) is 2.62. The van der Waals surface area contributed by atoms with Crippen molar-refractivity contribution in [3.8, 4) is 0 Å². The molecule has 0 aliphatic heterocycles. The van der Waals surface area contributed by atoms with Gasteiger partial charge in [-0.25, -0.2) is 13.2 Å². The summed E-state index contributed by atoms with van der Waals surface area (Å²) in [7, 11) is 0. The van der Waals surface area contributed by atoms with Crippen LogP contribution in [0.15, 0.2) is 17.3 Å². The third-order valence-corrected chi connectivity index (χ3v) is 1.59. The quantitative estimate of drug-likeness (QED) is 0.331. The summed E-state index contributed by atoms with van der Waals surface area (Å²) < 4.78 is 38.3. The highest BCUT2D eigenvalue weighted by Gasteiger charge is 2.12. The summed E-state index contributed by atoms with van der Waals surface area (Å²) in [5.41, 5.74) is 4.62. The first-order valence-electron chi connectivity index (χ1n) is 3.64. The molecule has 0 aromatic heterocycles. The monoisotopic (exact) mass is 204 g/mol. The Balaban J connectivity index is 3.09. The second kappa shape index (κ2) is 3.99. The maximum Gasteiger partial charge on any atom is 0.143 e. The topological polar surface area (TPSA) is 58.6 Å². The zero-order chi connectivity index (χ0) is 10.7. The lowest BCUT2D eigenvalue weighted by Gasteiger charge is -2.03. The predicted molar refractivity (Wildman–Crippen MR) is 43.4 cm³/mol. The minimum atomic E-state index is -1.06. The Morgan fingerprint density at radius 3 is 2.21 bits per heavy atom. The number of nitrogens with two attached hydrogens (primary N) is 1. The van der Waals surface area contributed by atoms with E-state index in [1.165, 1.54) is 0 Å². The van der Waals surface area contributed by atoms with E-state index < -0.39 is 29.4 Å². The van der Waals surface area contributed by atoms with Crippen LogP contribution in [0.1, 0.15) is 5.56 Å². The van der Waals surface area contributed by atoms with Crippen molar-refractivity contribution < 1.29 is 18.4 Å². The van der Waals surface area contributed by atoms with E-state index in [0.717, 1.165) is 0 Å². The van der Waals surface area contributed by atoms with Gasteiger partial charge in [0, 0.05) is 24.1 Å². The Kier molecular flexibility index (Phi) is 2.95. The maximum absolute atomic E-state index is 12.9. The molecule has 1 rings (SSSR count). The Morgan fingerprint density at radius 1 is 1.29 bits per heavy atom. The summed E-state index contributed by atoms with van der Waals surface area (Å²) in [5, 5.41) is 10.7. The van der Waals surface area contributed by atoms with E-state index in [-0.39, 0.29) is 5.84 Å². The highest BCUT2D eigenvalue weighted by Crippen LogP contribution is 2.15. The third kappa shape index (κ3) is 2.15. The van der Waals surface area contributed by atoms with Crippen LogP contribution in [0.5, 0.6) is 0 Å². The zero-order valence-electron chi connectivity index (χ0n) is 6.97. The molecule has 76 valence electrons. The Hall–Kier alpha value is -1.72. The van der Waals surface area contributed by atoms with E-state index in [4.69, 9.17) is 10.9 Å². The third-order valence-electron chi connectivity index (χ3n) is 1.59. The van der Waals surface area contributed by atoms with Gasteiger partial charge in [0.2, 0.25) is 0 Å². The van der Waals surface area contributed by atoms with E-state index >= 15 is 0 Å². The van der Waals surface area contributed by atoms with Crippen LogP contribution in [0.2, 0.25) is 0 Å². The molecular formula is C8H7F3N2O. The maximum atomic E-state index is 12.9. The van der Waals surface area contributed by atoms with E-state index in [9.17, 15) is 13.2 Å². The van der Waals surface area contributed by atoms with Crippen LogP contribution >= 0.6 is 0 Å². The fraction of sp³-hybridized carbons (Fsp3) is 0.125. The van der Waals surface area contributed by atoms with Crippen molar-refractivity contribution in [1.29, 1.82) is 0 Å². The van der Waals surface area contributed by atoms with E-state index in [1.807, 2.05) is 0 Å². The number of hydrogen-bond acceptors (Lipinski definition) is 2. The lowest BCUT2D eigenvalue weighted by molar-refractivity contribution is 0.317. The van der Waals surface area contributed by atoms with Crippen LogP contribution in [-0.4, -0.2) is 11.0 Å². The molecule has 0 aliphatic carbocycles. The van der Waals surface area contributed by atoms with Crippen molar-refractivity contribution in [1.82, 2.24) is 0 Å². The molecule has 0 unspecified atom stereocenters. The van der Waals surface area contributed by atoms with Gasteiger partial charge < -0.3 is 10.9 Å². The fourth-order valence-corrected chi connectivity index (χ4v) is 0.957. The molecule has 0 atom stereocenters. The van der Waals surface area contributed by atoms with Gasteiger partial charge in [-0.2, -0.15) is 0 Å². The molecule has 0 bridgehead atoms. The number of amidine groups is 1. The van der Waals surface area contributed by atoms with E-state index in [2.05, 4.69) is 5.16 Å². The molecule has 0 fully saturated rings. The van der Waals surface area contributed by atoms with Gasteiger partial charge in [-0.15, -0.1) is 0 Å². The normalized spacial score (nSPS) is 11.8. The minimum Gasteiger partial charge on any atom is -0.409 e. The standard InChI is InChI=1S/C8H7F3N2O/c9-4-1-6(10)5(7(11)2-4)3-8(12)13-14/h1-2,14H,3H2,(H2,12,13). The molecular weight excluding hydrogens is 197 g/mol.